The zero-order chi connectivity index (χ0) is 18.6. The summed E-state index contributed by atoms with van der Waals surface area (Å²) in [6.45, 7) is 2.88. The molecule has 0 N–H and O–H groups in total. The van der Waals surface area contributed by atoms with Gasteiger partial charge in [0.2, 0.25) is 0 Å². The minimum Gasteiger partial charge on any atom is -0.336 e. The lowest BCUT2D eigenvalue weighted by Gasteiger charge is -2.33. The molecule has 1 aliphatic heterocycles. The quantitative estimate of drug-likeness (QED) is 0.803. The van der Waals surface area contributed by atoms with E-state index in [0.29, 0.717) is 11.1 Å². The average Bonchev–Trinajstić information content (AvgIpc) is 2.62. The van der Waals surface area contributed by atoms with Gasteiger partial charge >= 0.3 is 0 Å². The van der Waals surface area contributed by atoms with Gasteiger partial charge in [-0.25, -0.2) is 8.42 Å². The van der Waals surface area contributed by atoms with E-state index in [-0.39, 0.29) is 23.5 Å². The van der Waals surface area contributed by atoms with Gasteiger partial charge in [-0.05, 0) is 49.4 Å². The first-order valence-electron chi connectivity index (χ1n) is 9.09. The van der Waals surface area contributed by atoms with Crippen LogP contribution in [0.3, 0.4) is 0 Å². The Bertz CT molecular complexity index is 845. The maximum absolute atomic E-state index is 12.7. The highest BCUT2D eigenvalue weighted by Gasteiger charge is 2.24. The van der Waals surface area contributed by atoms with Crippen LogP contribution in [0.1, 0.15) is 47.7 Å². The number of amides is 1. The van der Waals surface area contributed by atoms with E-state index in [9.17, 15) is 13.2 Å². The molecule has 3 rings (SSSR count). The van der Waals surface area contributed by atoms with Crippen LogP contribution < -0.4 is 0 Å². The Hall–Kier alpha value is -2.14. The van der Waals surface area contributed by atoms with Gasteiger partial charge in [0, 0.05) is 18.2 Å². The highest BCUT2D eigenvalue weighted by molar-refractivity contribution is 7.89. The molecule has 0 radical (unpaired) electrons. The first-order chi connectivity index (χ1) is 12.4. The molecule has 2 aromatic carbocycles. The SMILES string of the molecule is C[C@H]1CCCCN1C(=O)c1ccc(CS(=O)(=O)Cc2ccccc2)cc1. The number of likely N-dealkylation sites (tertiary alicyclic amines) is 1. The van der Waals surface area contributed by atoms with E-state index < -0.39 is 9.84 Å². The molecule has 1 saturated heterocycles. The highest BCUT2D eigenvalue weighted by atomic mass is 32.2. The maximum atomic E-state index is 12.7. The summed E-state index contributed by atoms with van der Waals surface area (Å²) in [5, 5.41) is 0. The summed E-state index contributed by atoms with van der Waals surface area (Å²) >= 11 is 0. The van der Waals surface area contributed by atoms with Gasteiger partial charge in [0.25, 0.3) is 5.91 Å². The monoisotopic (exact) mass is 371 g/mol. The molecule has 2 aromatic rings. The summed E-state index contributed by atoms with van der Waals surface area (Å²) in [7, 11) is -3.25. The smallest absolute Gasteiger partial charge is 0.254 e. The van der Waals surface area contributed by atoms with Gasteiger partial charge in [-0.2, -0.15) is 0 Å². The molecule has 4 nitrogen and oxygen atoms in total. The molecule has 0 saturated carbocycles. The number of benzene rings is 2. The fraction of sp³-hybridized carbons (Fsp3) is 0.381. The number of nitrogens with zero attached hydrogens (tertiary/aromatic N) is 1. The van der Waals surface area contributed by atoms with Crippen molar-refractivity contribution in [2.24, 2.45) is 0 Å². The fourth-order valence-electron chi connectivity index (χ4n) is 3.44. The van der Waals surface area contributed by atoms with Crippen molar-refractivity contribution in [3.8, 4) is 0 Å². The number of carbonyl (C=O) groups excluding carboxylic acids is 1. The Balaban J connectivity index is 1.66. The standard InChI is InChI=1S/C21H25NO3S/c1-17-7-5-6-14-22(17)21(23)20-12-10-19(11-13-20)16-26(24,25)15-18-8-3-2-4-9-18/h2-4,8-13,17H,5-7,14-16H2,1H3/t17-/m0/s1. The largest absolute Gasteiger partial charge is 0.336 e. The van der Waals surface area contributed by atoms with Crippen molar-refractivity contribution < 1.29 is 13.2 Å². The molecule has 1 fully saturated rings. The summed E-state index contributed by atoms with van der Waals surface area (Å²) in [5.41, 5.74) is 2.13. The summed E-state index contributed by atoms with van der Waals surface area (Å²) in [4.78, 5) is 14.6. The normalized spacial score (nSPS) is 17.9. The number of piperidine rings is 1. The third-order valence-corrected chi connectivity index (χ3v) is 6.43. The second kappa shape index (κ2) is 8.04. The van der Waals surface area contributed by atoms with Crippen molar-refractivity contribution in [1.82, 2.24) is 4.90 Å². The van der Waals surface area contributed by atoms with Crippen molar-refractivity contribution in [1.29, 1.82) is 0 Å². The van der Waals surface area contributed by atoms with E-state index in [1.807, 2.05) is 35.2 Å². The van der Waals surface area contributed by atoms with Gasteiger partial charge in [0.05, 0.1) is 11.5 Å². The summed E-state index contributed by atoms with van der Waals surface area (Å²) < 4.78 is 24.8. The van der Waals surface area contributed by atoms with Crippen LogP contribution in [0.5, 0.6) is 0 Å². The van der Waals surface area contributed by atoms with Crippen molar-refractivity contribution in [2.75, 3.05) is 6.54 Å². The van der Waals surface area contributed by atoms with Crippen LogP contribution in [0.15, 0.2) is 54.6 Å². The maximum Gasteiger partial charge on any atom is 0.254 e. The predicted molar refractivity (Wildman–Crippen MR) is 104 cm³/mol. The van der Waals surface area contributed by atoms with Crippen molar-refractivity contribution in [3.05, 3.63) is 71.3 Å². The second-order valence-electron chi connectivity index (χ2n) is 7.06. The molecule has 26 heavy (non-hydrogen) atoms. The molecule has 0 bridgehead atoms. The third kappa shape index (κ3) is 4.73. The van der Waals surface area contributed by atoms with Crippen LogP contribution in [0.4, 0.5) is 0 Å². The lowest BCUT2D eigenvalue weighted by atomic mass is 10.0. The molecule has 0 unspecified atom stereocenters. The molecule has 1 heterocycles. The molecular weight excluding hydrogens is 346 g/mol. The van der Waals surface area contributed by atoms with Crippen LogP contribution in [-0.4, -0.2) is 31.8 Å². The van der Waals surface area contributed by atoms with Gasteiger partial charge in [-0.3, -0.25) is 4.79 Å². The minimum absolute atomic E-state index is 0.0174. The third-order valence-electron chi connectivity index (χ3n) is 4.88. The summed E-state index contributed by atoms with van der Waals surface area (Å²) in [6.07, 6.45) is 3.26. The van der Waals surface area contributed by atoms with Gasteiger partial charge in [0.15, 0.2) is 9.84 Å². The molecule has 138 valence electrons. The Morgan fingerprint density at radius 3 is 2.19 bits per heavy atom. The summed E-state index contributed by atoms with van der Waals surface area (Å²) in [6, 6.07) is 16.5. The Labute approximate surface area is 155 Å². The first-order valence-corrected chi connectivity index (χ1v) is 10.9. The van der Waals surface area contributed by atoms with E-state index in [4.69, 9.17) is 0 Å². The number of sulfone groups is 1. The number of rotatable bonds is 5. The molecule has 0 aliphatic carbocycles. The van der Waals surface area contributed by atoms with Gasteiger partial charge in [-0.1, -0.05) is 42.5 Å². The zero-order valence-electron chi connectivity index (χ0n) is 15.1. The van der Waals surface area contributed by atoms with Gasteiger partial charge in [0.1, 0.15) is 0 Å². The topological polar surface area (TPSA) is 54.5 Å². The Kier molecular flexibility index (Phi) is 5.77. The lowest BCUT2D eigenvalue weighted by Crippen LogP contribution is -2.42. The Morgan fingerprint density at radius 1 is 0.962 bits per heavy atom. The van der Waals surface area contributed by atoms with Crippen molar-refractivity contribution in [2.45, 2.75) is 43.7 Å². The highest BCUT2D eigenvalue weighted by Crippen LogP contribution is 2.20. The molecule has 5 heteroatoms. The van der Waals surface area contributed by atoms with Gasteiger partial charge in [-0.15, -0.1) is 0 Å². The zero-order valence-corrected chi connectivity index (χ0v) is 15.9. The van der Waals surface area contributed by atoms with E-state index in [0.717, 1.165) is 24.9 Å². The molecular formula is C21H25NO3S. The summed E-state index contributed by atoms with van der Waals surface area (Å²) in [5.74, 6) is 0.0481. The average molecular weight is 372 g/mol. The van der Waals surface area contributed by atoms with Crippen LogP contribution in [0.2, 0.25) is 0 Å². The van der Waals surface area contributed by atoms with E-state index in [1.54, 1.807) is 24.3 Å². The molecule has 1 amide bonds. The van der Waals surface area contributed by atoms with Crippen LogP contribution in [-0.2, 0) is 21.3 Å². The van der Waals surface area contributed by atoms with Crippen LogP contribution in [0.25, 0.3) is 0 Å². The number of carbonyl (C=O) groups is 1. The number of hydrogen-bond acceptors (Lipinski definition) is 3. The lowest BCUT2D eigenvalue weighted by molar-refractivity contribution is 0.0635. The second-order valence-corrected chi connectivity index (χ2v) is 9.12. The first kappa shape index (κ1) is 18.6. The fourth-order valence-corrected chi connectivity index (χ4v) is 4.95. The van der Waals surface area contributed by atoms with Gasteiger partial charge < -0.3 is 4.90 Å². The van der Waals surface area contributed by atoms with Crippen molar-refractivity contribution >= 4 is 15.7 Å². The molecule has 0 aromatic heterocycles. The van der Waals surface area contributed by atoms with Crippen LogP contribution in [0, 0.1) is 0 Å². The van der Waals surface area contributed by atoms with Crippen LogP contribution >= 0.6 is 0 Å². The molecule has 1 atom stereocenters. The Morgan fingerprint density at radius 2 is 1.58 bits per heavy atom. The molecule has 1 aliphatic rings. The molecule has 0 spiro atoms. The van der Waals surface area contributed by atoms with E-state index >= 15 is 0 Å². The minimum atomic E-state index is -3.25. The number of hydrogen-bond donors (Lipinski definition) is 0. The van der Waals surface area contributed by atoms with E-state index in [1.165, 1.54) is 6.42 Å². The van der Waals surface area contributed by atoms with Crippen molar-refractivity contribution in [3.63, 3.8) is 0 Å². The van der Waals surface area contributed by atoms with E-state index in [2.05, 4.69) is 6.92 Å². The predicted octanol–water partition coefficient (Wildman–Crippen LogP) is 3.82.